The normalized spacial score (nSPS) is 25.2. The highest BCUT2D eigenvalue weighted by Gasteiger charge is 2.48. The number of Topliss-reactive ketones (excluding diaryl/α,β-unsaturated/α-hetero) is 1. The van der Waals surface area contributed by atoms with E-state index in [0.717, 1.165) is 0 Å². The number of fused-ring (bicyclic) bond motifs is 1. The fourth-order valence-electron chi connectivity index (χ4n) is 4.19. The van der Waals surface area contributed by atoms with Crippen LogP contribution < -0.4 is 10.4 Å². The van der Waals surface area contributed by atoms with Crippen LogP contribution in [0.25, 0.3) is 11.0 Å². The van der Waals surface area contributed by atoms with Gasteiger partial charge in [-0.05, 0) is 24.6 Å². The standard InChI is InChI=1S/C25H24O10/c1-12(26)11-15(13-7-3-2-4-8-13)17-21(14-9-5-6-10-16(14)33-24(17)32)34-25-20(29)18(27)19(28)22(35-25)23(30)31/h2-10,15,18-20,22,25,27-29H,11H2,1H3,(H,30,31)/t15?,18-,19-,20+,22-,25?/m0/s1. The number of aliphatic hydroxyl groups is 3. The van der Waals surface area contributed by atoms with E-state index in [1.165, 1.54) is 13.0 Å². The molecule has 0 spiro atoms. The number of hydrogen-bond donors (Lipinski definition) is 4. The maximum atomic E-state index is 13.2. The Kier molecular flexibility index (Phi) is 6.99. The van der Waals surface area contributed by atoms with Gasteiger partial charge >= 0.3 is 11.6 Å². The first-order valence-electron chi connectivity index (χ1n) is 10.9. The van der Waals surface area contributed by atoms with Crippen molar-refractivity contribution in [2.75, 3.05) is 0 Å². The Hall–Kier alpha value is -3.57. The summed E-state index contributed by atoms with van der Waals surface area (Å²) in [4.78, 5) is 36.9. The minimum absolute atomic E-state index is 0.0339. The van der Waals surface area contributed by atoms with Crippen LogP contribution in [0.5, 0.6) is 5.75 Å². The number of rotatable bonds is 7. The first-order valence-corrected chi connectivity index (χ1v) is 10.9. The van der Waals surface area contributed by atoms with E-state index < -0.39 is 48.2 Å². The van der Waals surface area contributed by atoms with E-state index in [2.05, 4.69) is 0 Å². The van der Waals surface area contributed by atoms with Crippen molar-refractivity contribution in [3.8, 4) is 5.75 Å². The number of ether oxygens (including phenoxy) is 2. The third-order valence-electron chi connectivity index (χ3n) is 5.89. The summed E-state index contributed by atoms with van der Waals surface area (Å²) in [6.45, 7) is 1.38. The number of hydrogen-bond acceptors (Lipinski definition) is 9. The van der Waals surface area contributed by atoms with Crippen molar-refractivity contribution in [3.05, 3.63) is 76.1 Å². The summed E-state index contributed by atoms with van der Waals surface area (Å²) >= 11 is 0. The molecule has 6 atom stereocenters. The third kappa shape index (κ3) is 4.82. The second-order valence-electron chi connectivity index (χ2n) is 8.35. The zero-order valence-electron chi connectivity index (χ0n) is 18.6. The zero-order valence-corrected chi connectivity index (χ0v) is 18.6. The Bertz CT molecular complexity index is 1280. The Labute approximate surface area is 199 Å². The van der Waals surface area contributed by atoms with E-state index >= 15 is 0 Å². The lowest BCUT2D eigenvalue weighted by atomic mass is 9.87. The van der Waals surface area contributed by atoms with Crippen LogP contribution in [-0.2, 0) is 14.3 Å². The maximum Gasteiger partial charge on any atom is 0.343 e. The molecule has 2 aromatic carbocycles. The SMILES string of the molecule is CC(=O)CC(c1ccccc1)c1c(OC2O[C@H](C(=O)O)[C@@H](O)[C@H](O)[C@H]2O)c2ccccc2oc1=O. The molecule has 4 rings (SSSR count). The lowest BCUT2D eigenvalue weighted by Crippen LogP contribution is -2.61. The molecule has 3 aromatic rings. The number of carbonyl (C=O) groups excluding carboxylic acids is 1. The molecule has 10 heteroatoms. The van der Waals surface area contributed by atoms with Crippen molar-refractivity contribution >= 4 is 22.7 Å². The lowest BCUT2D eigenvalue weighted by Gasteiger charge is -2.38. The van der Waals surface area contributed by atoms with Gasteiger partial charge in [-0.2, -0.15) is 0 Å². The highest BCUT2D eigenvalue weighted by molar-refractivity contribution is 5.85. The van der Waals surface area contributed by atoms with Crippen LogP contribution in [0, 0.1) is 0 Å². The van der Waals surface area contributed by atoms with Crippen LogP contribution in [0.2, 0.25) is 0 Å². The molecule has 4 N–H and O–H groups in total. The molecule has 10 nitrogen and oxygen atoms in total. The summed E-state index contributed by atoms with van der Waals surface area (Å²) in [5.41, 5.74) is -0.0616. The Morgan fingerprint density at radius 2 is 1.63 bits per heavy atom. The molecule has 0 saturated carbocycles. The molecular weight excluding hydrogens is 460 g/mol. The van der Waals surface area contributed by atoms with Crippen LogP contribution in [-0.4, -0.2) is 62.9 Å². The quantitative estimate of drug-likeness (QED) is 0.358. The van der Waals surface area contributed by atoms with E-state index in [-0.39, 0.29) is 29.1 Å². The van der Waals surface area contributed by atoms with Gasteiger partial charge in [-0.3, -0.25) is 4.79 Å². The van der Waals surface area contributed by atoms with Gasteiger partial charge in [0.15, 0.2) is 6.10 Å². The van der Waals surface area contributed by atoms with Gasteiger partial charge in [0, 0.05) is 12.3 Å². The van der Waals surface area contributed by atoms with Gasteiger partial charge in [-0.15, -0.1) is 0 Å². The molecule has 35 heavy (non-hydrogen) atoms. The van der Waals surface area contributed by atoms with Crippen LogP contribution in [0.1, 0.15) is 30.4 Å². The summed E-state index contributed by atoms with van der Waals surface area (Å²) < 4.78 is 16.7. The predicted octanol–water partition coefficient (Wildman–Crippen LogP) is 1.17. The van der Waals surface area contributed by atoms with E-state index in [1.54, 1.807) is 48.5 Å². The number of ketones is 1. The molecule has 2 heterocycles. The van der Waals surface area contributed by atoms with Crippen molar-refractivity contribution in [1.82, 2.24) is 0 Å². The summed E-state index contributed by atoms with van der Waals surface area (Å²) in [7, 11) is 0. The molecule has 2 unspecified atom stereocenters. The molecule has 1 aliphatic rings. The number of carboxylic acid groups (broad SMARTS) is 1. The second kappa shape index (κ2) is 9.96. The number of carbonyl (C=O) groups is 2. The maximum absolute atomic E-state index is 13.2. The van der Waals surface area contributed by atoms with Crippen LogP contribution in [0.3, 0.4) is 0 Å². The molecule has 1 saturated heterocycles. The van der Waals surface area contributed by atoms with Crippen molar-refractivity contribution in [2.45, 2.75) is 50.0 Å². The fraction of sp³-hybridized carbons (Fsp3) is 0.320. The fourth-order valence-corrected chi connectivity index (χ4v) is 4.19. The van der Waals surface area contributed by atoms with Crippen LogP contribution in [0.15, 0.2) is 63.8 Å². The predicted molar refractivity (Wildman–Crippen MR) is 121 cm³/mol. The third-order valence-corrected chi connectivity index (χ3v) is 5.89. The number of aliphatic carboxylic acids is 1. The number of benzene rings is 2. The average Bonchev–Trinajstić information content (AvgIpc) is 2.83. The highest BCUT2D eigenvalue weighted by Crippen LogP contribution is 2.38. The molecule has 1 aliphatic heterocycles. The number of carboxylic acids is 1. The molecule has 184 valence electrons. The molecule has 0 radical (unpaired) electrons. The van der Waals surface area contributed by atoms with Gasteiger partial charge in [-0.1, -0.05) is 42.5 Å². The van der Waals surface area contributed by atoms with Gasteiger partial charge in [0.25, 0.3) is 0 Å². The lowest BCUT2D eigenvalue weighted by molar-refractivity contribution is -0.271. The van der Waals surface area contributed by atoms with Gasteiger partial charge in [0.05, 0.1) is 10.9 Å². The van der Waals surface area contributed by atoms with E-state index in [1.807, 2.05) is 0 Å². The number of para-hydroxylation sites is 1. The van der Waals surface area contributed by atoms with Crippen molar-refractivity contribution in [3.63, 3.8) is 0 Å². The highest BCUT2D eigenvalue weighted by atomic mass is 16.7. The van der Waals surface area contributed by atoms with Crippen molar-refractivity contribution in [1.29, 1.82) is 0 Å². The number of aliphatic hydroxyl groups excluding tert-OH is 3. The summed E-state index contributed by atoms with van der Waals surface area (Å²) in [5.74, 6) is -2.68. The van der Waals surface area contributed by atoms with E-state index in [4.69, 9.17) is 13.9 Å². The van der Waals surface area contributed by atoms with E-state index in [9.17, 15) is 34.8 Å². The van der Waals surface area contributed by atoms with Gasteiger partial charge in [-0.25, -0.2) is 9.59 Å². The largest absolute Gasteiger partial charge is 0.479 e. The van der Waals surface area contributed by atoms with Crippen molar-refractivity contribution in [2.24, 2.45) is 0 Å². The van der Waals surface area contributed by atoms with Crippen molar-refractivity contribution < 1.29 is 43.9 Å². The average molecular weight is 484 g/mol. The topological polar surface area (TPSA) is 164 Å². The second-order valence-corrected chi connectivity index (χ2v) is 8.35. The Morgan fingerprint density at radius 3 is 2.29 bits per heavy atom. The molecular formula is C25H24O10. The van der Waals surface area contributed by atoms with Crippen LogP contribution >= 0.6 is 0 Å². The zero-order chi connectivity index (χ0) is 25.3. The van der Waals surface area contributed by atoms with Gasteiger partial charge in [0.2, 0.25) is 6.29 Å². The van der Waals surface area contributed by atoms with Gasteiger partial charge < -0.3 is 34.3 Å². The smallest absolute Gasteiger partial charge is 0.343 e. The Balaban J connectivity index is 1.89. The minimum atomic E-state index is -1.91. The Morgan fingerprint density at radius 1 is 0.971 bits per heavy atom. The minimum Gasteiger partial charge on any atom is -0.479 e. The molecule has 1 fully saturated rings. The molecule has 0 bridgehead atoms. The molecule has 0 aliphatic carbocycles. The van der Waals surface area contributed by atoms with Gasteiger partial charge in [0.1, 0.15) is 35.4 Å². The summed E-state index contributed by atoms with van der Waals surface area (Å²) in [6.07, 6.45) is -9.37. The summed E-state index contributed by atoms with van der Waals surface area (Å²) in [6, 6.07) is 15.1. The molecule has 0 amide bonds. The monoisotopic (exact) mass is 484 g/mol. The first-order chi connectivity index (χ1) is 16.7. The van der Waals surface area contributed by atoms with E-state index in [0.29, 0.717) is 10.9 Å². The van der Waals surface area contributed by atoms with Crippen LogP contribution in [0.4, 0.5) is 0 Å². The first kappa shape index (κ1) is 24.6. The summed E-state index contributed by atoms with van der Waals surface area (Å²) in [5, 5.41) is 40.4. The molecule has 1 aromatic heterocycles.